The fraction of sp³-hybridized carbons (Fsp3) is 0.267. The number of sulfonamides is 1. The van der Waals surface area contributed by atoms with Crippen LogP contribution in [0.1, 0.15) is 61.1 Å². The van der Waals surface area contributed by atoms with Crippen LogP contribution in [0.5, 0.6) is 5.75 Å². The summed E-state index contributed by atoms with van der Waals surface area (Å²) in [5.74, 6) is 0.200. The summed E-state index contributed by atoms with van der Waals surface area (Å²) in [4.78, 5) is 29.1. The van der Waals surface area contributed by atoms with Crippen molar-refractivity contribution in [3.63, 3.8) is 0 Å². The van der Waals surface area contributed by atoms with Crippen LogP contribution in [0.25, 0.3) is 10.9 Å². The summed E-state index contributed by atoms with van der Waals surface area (Å²) < 4.78 is 34.3. The van der Waals surface area contributed by atoms with E-state index < -0.39 is 21.4 Å². The van der Waals surface area contributed by atoms with E-state index in [2.05, 4.69) is 21.9 Å². The molecule has 1 atom stereocenters. The number of ether oxygens (including phenoxy) is 1. The second kappa shape index (κ2) is 12.2. The molecule has 3 aromatic carbocycles. The third-order valence-electron chi connectivity index (χ3n) is 6.52. The number of aryl methyl sites for hydroxylation is 1. The van der Waals surface area contributed by atoms with E-state index in [-0.39, 0.29) is 21.9 Å². The van der Waals surface area contributed by atoms with Gasteiger partial charge in [0.1, 0.15) is 11.3 Å². The van der Waals surface area contributed by atoms with E-state index in [4.69, 9.17) is 4.74 Å². The Kier molecular flexibility index (Phi) is 8.71. The summed E-state index contributed by atoms with van der Waals surface area (Å²) in [6.07, 6.45) is 4.22. The predicted octanol–water partition coefficient (Wildman–Crippen LogP) is 5.56. The monoisotopic (exact) mass is 547 g/mol. The Balaban J connectivity index is 1.52. The van der Waals surface area contributed by atoms with Gasteiger partial charge in [0.05, 0.1) is 17.5 Å². The Morgan fingerprint density at radius 3 is 2.38 bits per heavy atom. The van der Waals surface area contributed by atoms with Crippen LogP contribution in [0.4, 0.5) is 5.69 Å². The molecule has 1 unspecified atom stereocenters. The molecular weight excluding hydrogens is 514 g/mol. The van der Waals surface area contributed by atoms with Gasteiger partial charge in [0.25, 0.3) is 15.9 Å². The first-order chi connectivity index (χ1) is 18.7. The minimum atomic E-state index is -3.95. The Bertz CT molecular complexity index is 1610. The summed E-state index contributed by atoms with van der Waals surface area (Å²) in [6.45, 7) is 6.59. The molecule has 0 fully saturated rings. The van der Waals surface area contributed by atoms with Crippen LogP contribution in [0.3, 0.4) is 0 Å². The number of rotatable bonds is 11. The minimum absolute atomic E-state index is 0.0766. The zero-order chi connectivity index (χ0) is 28.0. The fourth-order valence-corrected chi connectivity index (χ4v) is 5.19. The van der Waals surface area contributed by atoms with Crippen LogP contribution < -0.4 is 20.2 Å². The highest BCUT2D eigenvalue weighted by Gasteiger charge is 2.19. The Morgan fingerprint density at radius 2 is 1.72 bits per heavy atom. The maximum absolute atomic E-state index is 13.3. The van der Waals surface area contributed by atoms with E-state index in [0.717, 1.165) is 36.1 Å². The number of carbonyl (C=O) groups excluding carboxylic acids is 1. The second-order valence-corrected chi connectivity index (χ2v) is 11.0. The summed E-state index contributed by atoms with van der Waals surface area (Å²) >= 11 is 0. The average molecular weight is 548 g/mol. The zero-order valence-corrected chi connectivity index (χ0v) is 23.1. The molecule has 4 aromatic rings. The summed E-state index contributed by atoms with van der Waals surface area (Å²) in [5.41, 5.74) is 2.13. The topological polar surface area (TPSA) is 117 Å². The van der Waals surface area contributed by atoms with Crippen molar-refractivity contribution in [2.24, 2.45) is 0 Å². The number of anilines is 1. The smallest absolute Gasteiger partial charge is 0.261 e. The molecule has 0 radical (unpaired) electrons. The van der Waals surface area contributed by atoms with Gasteiger partial charge in [-0.25, -0.2) is 8.42 Å². The van der Waals surface area contributed by atoms with E-state index in [1.807, 2.05) is 50.2 Å². The number of H-pyrrole nitrogens is 1. The normalized spacial score (nSPS) is 12.2. The standard InChI is InChI=1S/C30H33N3O5S/c1-4-6-17-38-24-13-9-22(10-14-24)20(3)32-30(35)27-19-31-28-16-15-25(18-26(28)29(27)34)39(36,37)33-23-11-7-21(5-2)8-12-23/h7-16,18-20,33H,4-6,17H2,1-3H3,(H,31,34)(H,32,35). The van der Waals surface area contributed by atoms with Gasteiger partial charge in [0.15, 0.2) is 0 Å². The zero-order valence-electron chi connectivity index (χ0n) is 22.3. The Labute approximate surface area is 228 Å². The molecule has 39 heavy (non-hydrogen) atoms. The molecule has 0 aliphatic carbocycles. The van der Waals surface area contributed by atoms with Crippen molar-refractivity contribution in [1.29, 1.82) is 0 Å². The van der Waals surface area contributed by atoms with Crippen LogP contribution in [-0.4, -0.2) is 25.9 Å². The van der Waals surface area contributed by atoms with Gasteiger partial charge in [-0.15, -0.1) is 0 Å². The molecule has 4 rings (SSSR count). The Morgan fingerprint density at radius 1 is 1.00 bits per heavy atom. The first-order valence-electron chi connectivity index (χ1n) is 13.0. The second-order valence-electron chi connectivity index (χ2n) is 9.36. The lowest BCUT2D eigenvalue weighted by molar-refractivity contribution is 0.0938. The molecule has 0 bridgehead atoms. The van der Waals surface area contributed by atoms with Crippen molar-refractivity contribution < 1.29 is 17.9 Å². The molecule has 204 valence electrons. The fourth-order valence-electron chi connectivity index (χ4n) is 4.10. The number of hydrogen-bond acceptors (Lipinski definition) is 5. The van der Waals surface area contributed by atoms with Gasteiger partial charge >= 0.3 is 0 Å². The van der Waals surface area contributed by atoms with Gasteiger partial charge < -0.3 is 15.0 Å². The highest BCUT2D eigenvalue weighted by molar-refractivity contribution is 7.92. The lowest BCUT2D eigenvalue weighted by Gasteiger charge is -2.15. The molecule has 0 aliphatic heterocycles. The average Bonchev–Trinajstić information content (AvgIpc) is 2.93. The molecule has 0 aliphatic rings. The van der Waals surface area contributed by atoms with Crippen molar-refractivity contribution in [3.05, 3.63) is 99.8 Å². The van der Waals surface area contributed by atoms with E-state index in [0.29, 0.717) is 17.8 Å². The van der Waals surface area contributed by atoms with Gasteiger partial charge in [-0.1, -0.05) is 44.5 Å². The number of carbonyl (C=O) groups is 1. The highest BCUT2D eigenvalue weighted by Crippen LogP contribution is 2.21. The van der Waals surface area contributed by atoms with Crippen molar-refractivity contribution in [2.75, 3.05) is 11.3 Å². The van der Waals surface area contributed by atoms with Gasteiger partial charge in [0, 0.05) is 22.8 Å². The maximum atomic E-state index is 13.3. The van der Waals surface area contributed by atoms with Gasteiger partial charge in [-0.3, -0.25) is 14.3 Å². The number of aromatic nitrogens is 1. The minimum Gasteiger partial charge on any atom is -0.494 e. The largest absolute Gasteiger partial charge is 0.494 e. The van der Waals surface area contributed by atoms with Gasteiger partial charge in [0.2, 0.25) is 5.43 Å². The van der Waals surface area contributed by atoms with Crippen molar-refractivity contribution in [2.45, 2.75) is 51.0 Å². The number of amides is 1. The predicted molar refractivity (Wildman–Crippen MR) is 154 cm³/mol. The quantitative estimate of drug-likeness (QED) is 0.213. The van der Waals surface area contributed by atoms with Crippen LogP contribution in [-0.2, 0) is 16.4 Å². The van der Waals surface area contributed by atoms with Crippen LogP contribution in [0.15, 0.2) is 82.6 Å². The number of aromatic amines is 1. The number of unbranched alkanes of at least 4 members (excludes halogenated alkanes) is 1. The molecule has 1 aromatic heterocycles. The molecule has 0 spiro atoms. The SMILES string of the molecule is CCCCOc1ccc(C(C)NC(=O)c2c[nH]c3ccc(S(=O)(=O)Nc4ccc(CC)cc4)cc3c2=O)cc1. The number of hydrogen-bond donors (Lipinski definition) is 3. The van der Waals surface area contributed by atoms with Gasteiger partial charge in [-0.2, -0.15) is 0 Å². The molecular formula is C30H33N3O5S. The van der Waals surface area contributed by atoms with Gasteiger partial charge in [-0.05, 0) is 73.4 Å². The van der Waals surface area contributed by atoms with E-state index >= 15 is 0 Å². The third kappa shape index (κ3) is 6.67. The van der Waals surface area contributed by atoms with Crippen LogP contribution >= 0.6 is 0 Å². The third-order valence-corrected chi connectivity index (χ3v) is 7.89. The molecule has 8 nitrogen and oxygen atoms in total. The van der Waals surface area contributed by atoms with Crippen LogP contribution in [0.2, 0.25) is 0 Å². The van der Waals surface area contributed by atoms with Crippen LogP contribution in [0, 0.1) is 0 Å². The van der Waals surface area contributed by atoms with E-state index in [1.54, 1.807) is 12.1 Å². The van der Waals surface area contributed by atoms with Crippen molar-refractivity contribution in [3.8, 4) is 5.75 Å². The number of pyridine rings is 1. The first-order valence-corrected chi connectivity index (χ1v) is 14.5. The summed E-state index contributed by atoms with van der Waals surface area (Å²) in [7, 11) is -3.95. The first kappa shape index (κ1) is 27.9. The maximum Gasteiger partial charge on any atom is 0.261 e. The van der Waals surface area contributed by atoms with E-state index in [1.165, 1.54) is 24.4 Å². The summed E-state index contributed by atoms with van der Waals surface area (Å²) in [5, 5.41) is 2.95. The Hall–Kier alpha value is -4.11. The highest BCUT2D eigenvalue weighted by atomic mass is 32.2. The molecule has 3 N–H and O–H groups in total. The number of fused-ring (bicyclic) bond motifs is 1. The summed E-state index contributed by atoms with van der Waals surface area (Å²) in [6, 6.07) is 18.4. The number of nitrogens with one attached hydrogen (secondary N) is 3. The molecule has 1 amide bonds. The van der Waals surface area contributed by atoms with E-state index in [9.17, 15) is 18.0 Å². The molecule has 0 saturated heterocycles. The molecule has 0 saturated carbocycles. The molecule has 1 heterocycles. The van der Waals surface area contributed by atoms with Crippen molar-refractivity contribution >= 4 is 32.5 Å². The lowest BCUT2D eigenvalue weighted by Crippen LogP contribution is -2.31. The lowest BCUT2D eigenvalue weighted by atomic mass is 10.1. The van der Waals surface area contributed by atoms with Crippen molar-refractivity contribution in [1.82, 2.24) is 10.3 Å². The number of benzene rings is 3. The molecule has 9 heteroatoms.